The minimum atomic E-state index is -0.220. The Hall–Kier alpha value is -3.03. The van der Waals surface area contributed by atoms with Gasteiger partial charge in [0.05, 0.1) is 5.70 Å². The van der Waals surface area contributed by atoms with Gasteiger partial charge in [-0.1, -0.05) is 30.3 Å². The molecule has 0 saturated heterocycles. The molecule has 30 heavy (non-hydrogen) atoms. The number of aromatic nitrogens is 3. The first-order valence-corrected chi connectivity index (χ1v) is 11.8. The number of hydrogen-bond donors (Lipinski definition) is 1. The molecule has 0 aliphatic carbocycles. The third-order valence-corrected chi connectivity index (χ3v) is 7.22. The van der Waals surface area contributed by atoms with Crippen LogP contribution in [0.25, 0.3) is 5.70 Å². The molecule has 7 heteroatoms. The van der Waals surface area contributed by atoms with Crippen LogP contribution in [0.15, 0.2) is 82.8 Å². The third kappa shape index (κ3) is 2.69. The van der Waals surface area contributed by atoms with E-state index in [0.717, 1.165) is 34.1 Å². The summed E-state index contributed by atoms with van der Waals surface area (Å²) in [5, 5.41) is 10.2. The normalized spacial score (nSPS) is 19.4. The predicted molar refractivity (Wildman–Crippen MR) is 121 cm³/mol. The van der Waals surface area contributed by atoms with Crippen molar-refractivity contribution >= 4 is 34.7 Å². The van der Waals surface area contributed by atoms with Gasteiger partial charge in [-0.2, -0.15) is 10.1 Å². The van der Waals surface area contributed by atoms with Crippen molar-refractivity contribution in [2.45, 2.75) is 17.0 Å². The number of benzene rings is 2. The van der Waals surface area contributed by atoms with Gasteiger partial charge < -0.3 is 10.1 Å². The summed E-state index contributed by atoms with van der Waals surface area (Å²) in [6.45, 7) is 0. The van der Waals surface area contributed by atoms with Crippen LogP contribution in [-0.2, 0) is 0 Å². The van der Waals surface area contributed by atoms with Crippen molar-refractivity contribution in [2.75, 3.05) is 11.6 Å². The average molecular weight is 431 g/mol. The number of thiophene rings is 1. The van der Waals surface area contributed by atoms with E-state index >= 15 is 0 Å². The van der Waals surface area contributed by atoms with Crippen LogP contribution in [0.5, 0.6) is 5.75 Å². The number of thioether (sulfide) groups is 1. The highest BCUT2D eigenvalue weighted by Crippen LogP contribution is 2.51. The van der Waals surface area contributed by atoms with Crippen molar-refractivity contribution in [2.24, 2.45) is 0 Å². The second kappa shape index (κ2) is 7.04. The quantitative estimate of drug-likeness (QED) is 0.428. The molecule has 6 rings (SSSR count). The summed E-state index contributed by atoms with van der Waals surface area (Å²) in [4.78, 5) is 6.92. The van der Waals surface area contributed by atoms with Gasteiger partial charge in [-0.25, -0.2) is 4.68 Å². The number of fused-ring (bicyclic) bond motifs is 3. The monoisotopic (exact) mass is 430 g/mol. The van der Waals surface area contributed by atoms with E-state index in [2.05, 4.69) is 69.5 Å². The first-order valence-electron chi connectivity index (χ1n) is 9.67. The maximum absolute atomic E-state index is 6.62. The zero-order valence-electron chi connectivity index (χ0n) is 16.1. The molecular formula is C23H18N4OS2. The number of anilines is 1. The van der Waals surface area contributed by atoms with Gasteiger partial charge in [0.2, 0.25) is 5.95 Å². The molecule has 0 spiro atoms. The Morgan fingerprint density at radius 2 is 1.93 bits per heavy atom. The van der Waals surface area contributed by atoms with Crippen molar-refractivity contribution in [3.05, 3.63) is 93.9 Å². The molecule has 1 N–H and O–H groups in total. The summed E-state index contributed by atoms with van der Waals surface area (Å²) in [6, 6.07) is 21.0. The molecule has 0 fully saturated rings. The number of para-hydroxylation sites is 1. The number of ether oxygens (including phenoxy) is 1. The van der Waals surface area contributed by atoms with E-state index in [9.17, 15) is 0 Å². The summed E-state index contributed by atoms with van der Waals surface area (Å²) in [6.07, 6.45) is 3.48. The summed E-state index contributed by atoms with van der Waals surface area (Å²) in [5.74, 6) is 1.63. The van der Waals surface area contributed by atoms with Crippen LogP contribution in [-0.4, -0.2) is 21.0 Å². The molecule has 2 aliphatic heterocycles. The molecule has 4 aromatic rings. The Bertz CT molecular complexity index is 1240. The fourth-order valence-electron chi connectivity index (χ4n) is 4.19. The average Bonchev–Trinajstić information content (AvgIpc) is 3.49. The lowest BCUT2D eigenvalue weighted by Crippen LogP contribution is -2.32. The van der Waals surface area contributed by atoms with Crippen molar-refractivity contribution in [1.29, 1.82) is 0 Å². The minimum Gasteiger partial charge on any atom is -0.480 e. The molecule has 4 heterocycles. The third-order valence-electron chi connectivity index (χ3n) is 5.55. The van der Waals surface area contributed by atoms with E-state index in [4.69, 9.17) is 4.74 Å². The first-order chi connectivity index (χ1) is 14.8. The first kappa shape index (κ1) is 17.8. The zero-order valence-corrected chi connectivity index (χ0v) is 17.8. The fraction of sp³-hybridized carbons (Fsp3) is 0.130. The molecule has 2 aliphatic rings. The molecule has 2 atom stereocenters. The summed E-state index contributed by atoms with van der Waals surface area (Å²) >= 11 is 3.47. The molecule has 0 radical (unpaired) electrons. The van der Waals surface area contributed by atoms with Gasteiger partial charge in [0.25, 0.3) is 0 Å². The van der Waals surface area contributed by atoms with E-state index < -0.39 is 0 Å². The Morgan fingerprint density at radius 3 is 2.73 bits per heavy atom. The Morgan fingerprint density at radius 1 is 1.07 bits per heavy atom. The van der Waals surface area contributed by atoms with Gasteiger partial charge in [-0.05, 0) is 47.5 Å². The molecular weight excluding hydrogens is 412 g/mol. The fourth-order valence-corrected chi connectivity index (χ4v) is 5.43. The summed E-state index contributed by atoms with van der Waals surface area (Å²) in [7, 11) is 0. The lowest BCUT2D eigenvalue weighted by Gasteiger charge is -2.38. The Labute approximate surface area is 182 Å². The second-order valence-electron chi connectivity index (χ2n) is 7.17. The largest absolute Gasteiger partial charge is 0.480 e. The number of nitrogens with one attached hydrogen (secondary N) is 1. The van der Waals surface area contributed by atoms with Crippen molar-refractivity contribution in [3.63, 3.8) is 0 Å². The number of hydrogen-bond acceptors (Lipinski definition) is 6. The highest BCUT2D eigenvalue weighted by molar-refractivity contribution is 7.98. The van der Waals surface area contributed by atoms with Crippen molar-refractivity contribution in [1.82, 2.24) is 14.8 Å². The highest BCUT2D eigenvalue weighted by Gasteiger charge is 2.41. The van der Waals surface area contributed by atoms with Crippen LogP contribution in [0.2, 0.25) is 0 Å². The van der Waals surface area contributed by atoms with Crippen LogP contribution < -0.4 is 10.1 Å². The SMILES string of the molecule is CSc1ccc([C@@H]2Oc3ccccc3C3=C2[C@@H](c2cccs2)n2ncnc2N3)cc1. The zero-order chi connectivity index (χ0) is 20.1. The topological polar surface area (TPSA) is 52.0 Å². The van der Waals surface area contributed by atoms with Crippen LogP contribution in [0.1, 0.15) is 28.1 Å². The maximum Gasteiger partial charge on any atom is 0.226 e. The van der Waals surface area contributed by atoms with E-state index in [0.29, 0.717) is 0 Å². The Kier molecular flexibility index (Phi) is 4.17. The van der Waals surface area contributed by atoms with Gasteiger partial charge >= 0.3 is 0 Å². The van der Waals surface area contributed by atoms with Crippen molar-refractivity contribution in [3.8, 4) is 5.75 Å². The summed E-state index contributed by atoms with van der Waals surface area (Å²) in [5.41, 5.74) is 4.41. The van der Waals surface area contributed by atoms with Gasteiger partial charge in [0, 0.05) is 20.9 Å². The second-order valence-corrected chi connectivity index (χ2v) is 9.03. The molecule has 5 nitrogen and oxygen atoms in total. The molecule has 0 unspecified atom stereocenters. The predicted octanol–water partition coefficient (Wildman–Crippen LogP) is 5.62. The van der Waals surface area contributed by atoms with Crippen LogP contribution >= 0.6 is 23.1 Å². The van der Waals surface area contributed by atoms with E-state index in [-0.39, 0.29) is 12.1 Å². The molecule has 2 aromatic heterocycles. The molecule has 2 aromatic carbocycles. The molecule has 148 valence electrons. The minimum absolute atomic E-state index is 0.0719. The smallest absolute Gasteiger partial charge is 0.226 e. The number of nitrogens with zero attached hydrogens (tertiary/aromatic N) is 3. The van der Waals surface area contributed by atoms with E-state index in [1.165, 1.54) is 9.77 Å². The lowest BCUT2D eigenvalue weighted by molar-refractivity contribution is 0.223. The molecule has 0 bridgehead atoms. The van der Waals surface area contributed by atoms with Gasteiger partial charge in [-0.3, -0.25) is 0 Å². The van der Waals surface area contributed by atoms with Crippen LogP contribution in [0, 0.1) is 0 Å². The summed E-state index contributed by atoms with van der Waals surface area (Å²) < 4.78 is 8.58. The van der Waals surface area contributed by atoms with Crippen LogP contribution in [0.3, 0.4) is 0 Å². The van der Waals surface area contributed by atoms with Crippen LogP contribution in [0.4, 0.5) is 5.95 Å². The van der Waals surface area contributed by atoms with E-state index in [1.54, 1.807) is 29.4 Å². The van der Waals surface area contributed by atoms with Crippen molar-refractivity contribution < 1.29 is 4.74 Å². The Balaban J connectivity index is 1.60. The number of rotatable bonds is 3. The highest BCUT2D eigenvalue weighted by atomic mass is 32.2. The van der Waals surface area contributed by atoms with Gasteiger partial charge in [0.1, 0.15) is 24.2 Å². The molecule has 0 amide bonds. The molecule has 0 saturated carbocycles. The standard InChI is InChI=1S/C23H18N4OS2/c1-29-15-10-8-14(9-11-15)22-19-20(16-5-2-3-6-17(16)28-22)26-23-24-13-25-27(23)21(19)18-7-4-12-30-18/h2-13,21-22H,1H3,(H,24,25,26)/t21-,22+/m1/s1. The van der Waals surface area contributed by atoms with Gasteiger partial charge in [-0.15, -0.1) is 23.1 Å². The maximum atomic E-state index is 6.62. The lowest BCUT2D eigenvalue weighted by atomic mass is 9.87. The van der Waals surface area contributed by atoms with E-state index in [1.807, 2.05) is 22.9 Å². The van der Waals surface area contributed by atoms with Gasteiger partial charge in [0.15, 0.2) is 0 Å².